The van der Waals surface area contributed by atoms with E-state index >= 15 is 0 Å². The Bertz CT molecular complexity index is 680. The molecule has 0 radical (unpaired) electrons. The summed E-state index contributed by atoms with van der Waals surface area (Å²) in [6.07, 6.45) is 11.3. The van der Waals surface area contributed by atoms with Gasteiger partial charge in [-0.3, -0.25) is 4.90 Å². The molecule has 1 aliphatic rings. The summed E-state index contributed by atoms with van der Waals surface area (Å²) in [5.74, 6) is 1.37. The standard InChI is InChI=1S/C20H25NO.3CO.Fe/c1-4-14-21(15-5-2)16-18-8-6-7-9-20(18)17-10-12-19(22-3)13-11-17;3*1-2;/h4-10,12-13,17H,1-2,11,14-16H2,3H3;;;;. The minimum atomic E-state index is 0. The van der Waals surface area contributed by atoms with Gasteiger partial charge < -0.3 is 4.74 Å². The van der Waals surface area contributed by atoms with Gasteiger partial charge in [-0.25, -0.2) is 0 Å². The van der Waals surface area contributed by atoms with Crippen LogP contribution in [0, 0.1) is 20.0 Å². The molecule has 0 bridgehead atoms. The second kappa shape index (κ2) is 22.0. The van der Waals surface area contributed by atoms with E-state index in [0.717, 1.165) is 31.8 Å². The van der Waals surface area contributed by atoms with Crippen molar-refractivity contribution in [2.75, 3.05) is 20.2 Å². The smallest absolute Gasteiger partial charge is 0 e. The molecular formula is C23H25FeNO4. The summed E-state index contributed by atoms with van der Waals surface area (Å²) in [6, 6.07) is 8.68. The average Bonchev–Trinajstić information content (AvgIpc) is 2.79. The SMILES string of the molecule is C=CCN(CC=C)Cc1ccccc1C1C=CC(OC)=CC1.[C-]#[O+].[C-]#[O+].[C-]#[O+].[Fe]. The number of hydrogen-bond donors (Lipinski definition) is 0. The maximum atomic E-state index is 7.50. The average molecular weight is 435 g/mol. The van der Waals surface area contributed by atoms with Gasteiger partial charge in [-0.1, -0.05) is 42.5 Å². The van der Waals surface area contributed by atoms with E-state index < -0.39 is 0 Å². The molecule has 0 N–H and O–H groups in total. The van der Waals surface area contributed by atoms with Crippen molar-refractivity contribution in [2.24, 2.45) is 0 Å². The van der Waals surface area contributed by atoms with Crippen molar-refractivity contribution >= 4 is 0 Å². The summed E-state index contributed by atoms with van der Waals surface area (Å²) in [5.41, 5.74) is 2.76. The summed E-state index contributed by atoms with van der Waals surface area (Å²) in [5, 5.41) is 0. The second-order valence-corrected chi connectivity index (χ2v) is 5.48. The summed E-state index contributed by atoms with van der Waals surface area (Å²) in [7, 11) is 1.72. The first-order chi connectivity index (χ1) is 13.8. The Morgan fingerprint density at radius 2 is 1.62 bits per heavy atom. The molecular weight excluding hydrogens is 410 g/mol. The first-order valence-corrected chi connectivity index (χ1v) is 8.34. The molecule has 1 aromatic carbocycles. The van der Waals surface area contributed by atoms with Gasteiger partial charge in [0.05, 0.1) is 7.11 Å². The molecule has 2 rings (SSSR count). The van der Waals surface area contributed by atoms with Crippen LogP contribution in [0.25, 0.3) is 0 Å². The topological polar surface area (TPSA) is 72.2 Å². The van der Waals surface area contributed by atoms with E-state index in [-0.39, 0.29) is 17.1 Å². The Morgan fingerprint density at radius 1 is 1.07 bits per heavy atom. The molecule has 1 unspecified atom stereocenters. The quantitative estimate of drug-likeness (QED) is 0.264. The van der Waals surface area contributed by atoms with Crippen molar-refractivity contribution in [2.45, 2.75) is 18.9 Å². The predicted molar refractivity (Wildman–Crippen MR) is 105 cm³/mol. The van der Waals surface area contributed by atoms with Crippen LogP contribution in [-0.4, -0.2) is 25.1 Å². The number of nitrogens with zero attached hydrogens (tertiary/aromatic N) is 1. The van der Waals surface area contributed by atoms with Gasteiger partial charge in [0.25, 0.3) is 0 Å². The Hall–Kier alpha value is -2.32. The molecule has 1 atom stereocenters. The van der Waals surface area contributed by atoms with Gasteiger partial charge >= 0.3 is 33.9 Å². The maximum absolute atomic E-state index is 7.50. The van der Waals surface area contributed by atoms with Crippen LogP contribution in [0.5, 0.6) is 0 Å². The zero-order valence-corrected chi connectivity index (χ0v) is 17.6. The van der Waals surface area contributed by atoms with Gasteiger partial charge in [-0.15, -0.1) is 13.2 Å². The second-order valence-electron chi connectivity index (χ2n) is 5.48. The summed E-state index contributed by atoms with van der Waals surface area (Å²) < 4.78 is 27.8. The van der Waals surface area contributed by atoms with Crippen LogP contribution < -0.4 is 0 Å². The molecule has 1 aliphatic carbocycles. The molecule has 0 saturated heterocycles. The van der Waals surface area contributed by atoms with Gasteiger partial charge in [-0.2, -0.15) is 0 Å². The number of methoxy groups -OCH3 is 1. The van der Waals surface area contributed by atoms with Crippen LogP contribution in [0.2, 0.25) is 0 Å². The summed E-state index contributed by atoms with van der Waals surface area (Å²) in [4.78, 5) is 2.34. The van der Waals surface area contributed by atoms with Crippen molar-refractivity contribution in [1.82, 2.24) is 4.90 Å². The molecule has 0 aromatic heterocycles. The Morgan fingerprint density at radius 3 is 2.07 bits per heavy atom. The first kappa shape index (κ1) is 31.4. The van der Waals surface area contributed by atoms with Crippen LogP contribution in [0.1, 0.15) is 23.5 Å². The predicted octanol–water partition coefficient (Wildman–Crippen LogP) is 4.32. The fraction of sp³-hybridized carbons (Fsp3) is 0.261. The first-order valence-electron chi connectivity index (χ1n) is 8.34. The van der Waals surface area contributed by atoms with Crippen molar-refractivity contribution in [3.8, 4) is 0 Å². The zero-order valence-electron chi connectivity index (χ0n) is 16.4. The van der Waals surface area contributed by atoms with E-state index in [2.05, 4.69) is 80.5 Å². The van der Waals surface area contributed by atoms with Gasteiger partial charge in [-0.05, 0) is 29.7 Å². The Labute approximate surface area is 184 Å². The van der Waals surface area contributed by atoms with Gasteiger partial charge in [0.1, 0.15) is 5.76 Å². The number of hydrogen-bond acceptors (Lipinski definition) is 2. The van der Waals surface area contributed by atoms with Crippen LogP contribution in [0.3, 0.4) is 0 Å². The number of allylic oxidation sites excluding steroid dienone is 3. The van der Waals surface area contributed by atoms with Crippen molar-refractivity contribution < 1.29 is 35.8 Å². The van der Waals surface area contributed by atoms with Crippen LogP contribution in [0.15, 0.2) is 73.6 Å². The fourth-order valence-electron chi connectivity index (χ4n) is 2.83. The third kappa shape index (κ3) is 12.0. The molecule has 154 valence electrons. The molecule has 5 nitrogen and oxygen atoms in total. The maximum Gasteiger partial charge on any atom is 0 e. The van der Waals surface area contributed by atoms with E-state index in [1.165, 1.54) is 11.1 Å². The van der Waals surface area contributed by atoms with Crippen LogP contribution in [0.4, 0.5) is 0 Å². The largest absolute Gasteiger partial charge is 0 e. The normalized spacial score (nSPS) is 13.2. The van der Waals surface area contributed by atoms with Crippen molar-refractivity contribution in [1.29, 1.82) is 0 Å². The monoisotopic (exact) mass is 435 g/mol. The van der Waals surface area contributed by atoms with Gasteiger partial charge in [0.2, 0.25) is 0 Å². The Kier molecular flexibility index (Phi) is 23.8. The molecule has 0 saturated carbocycles. The van der Waals surface area contributed by atoms with Gasteiger partial charge in [0.15, 0.2) is 0 Å². The van der Waals surface area contributed by atoms with E-state index in [9.17, 15) is 0 Å². The molecule has 6 heteroatoms. The minimum Gasteiger partial charge on any atom is 0 e. The number of benzene rings is 1. The van der Waals surface area contributed by atoms with Crippen LogP contribution >= 0.6 is 0 Å². The molecule has 29 heavy (non-hydrogen) atoms. The molecule has 0 aliphatic heterocycles. The van der Waals surface area contributed by atoms with Crippen molar-refractivity contribution in [3.05, 3.63) is 105 Å². The molecule has 0 spiro atoms. The van der Waals surface area contributed by atoms with E-state index in [1.54, 1.807) is 7.11 Å². The summed E-state index contributed by atoms with van der Waals surface area (Å²) in [6.45, 7) is 23.8. The molecule has 0 amide bonds. The molecule has 1 aromatic rings. The molecule has 0 fully saturated rings. The fourth-order valence-corrected chi connectivity index (χ4v) is 2.83. The van der Waals surface area contributed by atoms with E-state index in [0.29, 0.717) is 5.92 Å². The van der Waals surface area contributed by atoms with Crippen LogP contribution in [-0.2, 0) is 42.3 Å². The third-order valence-electron chi connectivity index (χ3n) is 3.92. The summed E-state index contributed by atoms with van der Waals surface area (Å²) >= 11 is 0. The third-order valence-corrected chi connectivity index (χ3v) is 3.92. The number of ether oxygens (including phenoxy) is 1. The van der Waals surface area contributed by atoms with E-state index in [4.69, 9.17) is 18.7 Å². The molecule has 0 heterocycles. The minimum absolute atomic E-state index is 0. The Balaban J connectivity index is -0.000000883. The van der Waals surface area contributed by atoms with Gasteiger partial charge in [0, 0.05) is 42.6 Å². The van der Waals surface area contributed by atoms with E-state index in [1.807, 2.05) is 12.2 Å². The zero-order chi connectivity index (χ0) is 21.8. The van der Waals surface area contributed by atoms with Crippen molar-refractivity contribution in [3.63, 3.8) is 0 Å². The number of rotatable bonds is 8.